The highest BCUT2D eigenvalue weighted by molar-refractivity contribution is 7.92. The molecule has 0 radical (unpaired) electrons. The lowest BCUT2D eigenvalue weighted by Crippen LogP contribution is -2.11. The second kappa shape index (κ2) is 5.24. The summed E-state index contributed by atoms with van der Waals surface area (Å²) in [5.41, 5.74) is 0.750. The van der Waals surface area contributed by atoms with Crippen LogP contribution >= 0.6 is 0 Å². The Morgan fingerprint density at radius 2 is 1.62 bits per heavy atom. The van der Waals surface area contributed by atoms with Crippen LogP contribution in [0.2, 0.25) is 0 Å². The molecule has 1 fully saturated rings. The number of hydrogen-bond donors (Lipinski definition) is 1. The van der Waals surface area contributed by atoms with Gasteiger partial charge in [0.1, 0.15) is 5.82 Å². The molecule has 2 aromatic carbocycles. The Kier molecular flexibility index (Phi) is 3.55. The average molecular weight is 306 g/mol. The summed E-state index contributed by atoms with van der Waals surface area (Å²) in [4.78, 5) is 0.262. The lowest BCUT2D eigenvalue weighted by atomic mass is 10.1. The van der Waals surface area contributed by atoms with Crippen LogP contribution in [0.3, 0.4) is 0 Å². The van der Waals surface area contributed by atoms with E-state index in [0.29, 0.717) is 0 Å². The molecule has 3 rings (SSSR count). The van der Waals surface area contributed by atoms with Crippen LogP contribution in [0.25, 0.3) is 0 Å². The maximum Gasteiger partial charge on any atom is 0.182 e. The molecule has 0 amide bonds. The third-order valence-electron chi connectivity index (χ3n) is 3.99. The summed E-state index contributed by atoms with van der Waals surface area (Å²) in [5, 5.41) is 8.79. The first-order valence-corrected chi connectivity index (χ1v) is 8.25. The number of halogens is 1. The number of aliphatic hydroxyl groups is 1. The van der Waals surface area contributed by atoms with E-state index in [1.807, 2.05) is 0 Å². The van der Waals surface area contributed by atoms with Crippen LogP contribution in [0.15, 0.2) is 59.5 Å². The van der Waals surface area contributed by atoms with Crippen LogP contribution in [-0.2, 0) is 9.84 Å². The minimum absolute atomic E-state index is 0.196. The van der Waals surface area contributed by atoms with E-state index in [9.17, 15) is 17.9 Å². The van der Waals surface area contributed by atoms with E-state index in [2.05, 4.69) is 0 Å². The van der Waals surface area contributed by atoms with Crippen LogP contribution in [0.1, 0.15) is 11.5 Å². The number of aliphatic hydroxyl groups excluding tert-OH is 1. The lowest BCUT2D eigenvalue weighted by Gasteiger charge is -2.04. The molecule has 1 N–H and O–H groups in total. The molecule has 0 spiro atoms. The molecular formula is C16H15FO3S. The van der Waals surface area contributed by atoms with Crippen molar-refractivity contribution in [3.63, 3.8) is 0 Å². The normalized spacial score (nSPS) is 24.8. The van der Waals surface area contributed by atoms with Gasteiger partial charge >= 0.3 is 0 Å². The van der Waals surface area contributed by atoms with Gasteiger partial charge in [0.2, 0.25) is 0 Å². The van der Waals surface area contributed by atoms with E-state index in [-0.39, 0.29) is 29.2 Å². The van der Waals surface area contributed by atoms with Gasteiger partial charge in [-0.15, -0.1) is 0 Å². The van der Waals surface area contributed by atoms with Crippen molar-refractivity contribution < 1.29 is 17.9 Å². The molecule has 5 heteroatoms. The molecular weight excluding hydrogens is 291 g/mol. The van der Waals surface area contributed by atoms with Gasteiger partial charge in [0.05, 0.1) is 10.1 Å². The number of hydrogen-bond acceptors (Lipinski definition) is 3. The quantitative estimate of drug-likeness (QED) is 0.943. The van der Waals surface area contributed by atoms with E-state index in [1.165, 1.54) is 12.1 Å². The molecule has 1 saturated carbocycles. The molecule has 21 heavy (non-hydrogen) atoms. The molecule has 3 nitrogen and oxygen atoms in total. The second-order valence-corrected chi connectivity index (χ2v) is 7.35. The van der Waals surface area contributed by atoms with Crippen molar-refractivity contribution in [2.45, 2.75) is 16.1 Å². The standard InChI is InChI=1S/C16H15FO3S/c17-12-8-6-11(7-9-12)15-14(10-18)16(15)21(19,20)13-4-2-1-3-5-13/h1-9,14-16,18H,10H2/t14-,15-,16+/m0/s1. The van der Waals surface area contributed by atoms with Crippen LogP contribution in [0.4, 0.5) is 4.39 Å². The highest BCUT2D eigenvalue weighted by Gasteiger charge is 2.58. The Balaban J connectivity index is 1.94. The van der Waals surface area contributed by atoms with Gasteiger partial charge in [-0.1, -0.05) is 30.3 Å². The van der Waals surface area contributed by atoms with Crippen LogP contribution in [0, 0.1) is 11.7 Å². The van der Waals surface area contributed by atoms with Gasteiger partial charge in [0, 0.05) is 18.4 Å². The van der Waals surface area contributed by atoms with Crippen molar-refractivity contribution in [3.05, 3.63) is 66.0 Å². The van der Waals surface area contributed by atoms with Gasteiger partial charge in [0.15, 0.2) is 9.84 Å². The Labute approximate surface area is 123 Å². The van der Waals surface area contributed by atoms with Gasteiger partial charge in [-0.2, -0.15) is 0 Å². The molecule has 3 atom stereocenters. The monoisotopic (exact) mass is 306 g/mol. The predicted octanol–water partition coefficient (Wildman–Crippen LogP) is 2.37. The molecule has 0 unspecified atom stereocenters. The first-order valence-electron chi connectivity index (χ1n) is 6.71. The average Bonchev–Trinajstić information content (AvgIpc) is 3.24. The summed E-state index contributed by atoms with van der Waals surface area (Å²) in [6.07, 6.45) is 0. The van der Waals surface area contributed by atoms with Gasteiger partial charge in [-0.05, 0) is 29.8 Å². The summed E-state index contributed by atoms with van der Waals surface area (Å²) in [6.45, 7) is -0.196. The van der Waals surface area contributed by atoms with Gasteiger partial charge in [0.25, 0.3) is 0 Å². The molecule has 110 valence electrons. The van der Waals surface area contributed by atoms with Gasteiger partial charge in [-0.25, -0.2) is 12.8 Å². The Bertz CT molecular complexity index is 726. The molecule has 1 aliphatic rings. The Morgan fingerprint density at radius 1 is 1.00 bits per heavy atom. The third-order valence-corrected chi connectivity index (χ3v) is 6.28. The van der Waals surface area contributed by atoms with Crippen molar-refractivity contribution in [3.8, 4) is 0 Å². The maximum atomic E-state index is 13.0. The molecule has 1 aliphatic carbocycles. The predicted molar refractivity (Wildman–Crippen MR) is 77.1 cm³/mol. The van der Waals surface area contributed by atoms with E-state index in [4.69, 9.17) is 0 Å². The number of rotatable bonds is 4. The molecule has 0 heterocycles. The van der Waals surface area contributed by atoms with Crippen LogP contribution < -0.4 is 0 Å². The largest absolute Gasteiger partial charge is 0.396 e. The fraction of sp³-hybridized carbons (Fsp3) is 0.250. The van der Waals surface area contributed by atoms with Crippen molar-refractivity contribution >= 4 is 9.84 Å². The van der Waals surface area contributed by atoms with Crippen LogP contribution in [-0.4, -0.2) is 25.4 Å². The zero-order valence-corrected chi connectivity index (χ0v) is 12.0. The third kappa shape index (κ3) is 2.47. The SMILES string of the molecule is O=S(=O)(c1ccccc1)[C@@H]1[C@@H](CO)[C@@H]1c1ccc(F)cc1. The molecule has 0 bridgehead atoms. The second-order valence-electron chi connectivity index (χ2n) is 5.25. The smallest absolute Gasteiger partial charge is 0.182 e. The van der Waals surface area contributed by atoms with Crippen molar-refractivity contribution in [2.75, 3.05) is 6.61 Å². The highest BCUT2D eigenvalue weighted by Crippen LogP contribution is 2.53. The molecule has 0 aromatic heterocycles. The van der Waals surface area contributed by atoms with Crippen molar-refractivity contribution in [1.82, 2.24) is 0 Å². The number of benzene rings is 2. The zero-order chi connectivity index (χ0) is 15.0. The maximum absolute atomic E-state index is 13.0. The first kappa shape index (κ1) is 14.2. The van der Waals surface area contributed by atoms with E-state index in [1.54, 1.807) is 42.5 Å². The van der Waals surface area contributed by atoms with E-state index in [0.717, 1.165) is 5.56 Å². The summed E-state index contributed by atoms with van der Waals surface area (Å²) in [6, 6.07) is 14.0. The lowest BCUT2D eigenvalue weighted by molar-refractivity contribution is 0.274. The Hall–Kier alpha value is -1.72. The fourth-order valence-corrected chi connectivity index (χ4v) is 5.09. The van der Waals surface area contributed by atoms with Gasteiger partial charge < -0.3 is 5.11 Å². The van der Waals surface area contributed by atoms with Crippen molar-refractivity contribution in [1.29, 1.82) is 0 Å². The summed E-state index contributed by atoms with van der Waals surface area (Å²) >= 11 is 0. The van der Waals surface area contributed by atoms with Crippen molar-refractivity contribution in [2.24, 2.45) is 5.92 Å². The van der Waals surface area contributed by atoms with Gasteiger partial charge in [-0.3, -0.25) is 0 Å². The summed E-state index contributed by atoms with van der Waals surface area (Å²) in [5.74, 6) is -0.969. The fourth-order valence-electron chi connectivity index (χ4n) is 2.87. The van der Waals surface area contributed by atoms with Crippen LogP contribution in [0.5, 0.6) is 0 Å². The highest BCUT2D eigenvalue weighted by atomic mass is 32.2. The number of sulfone groups is 1. The molecule has 2 aromatic rings. The van der Waals surface area contributed by atoms with E-state index >= 15 is 0 Å². The minimum Gasteiger partial charge on any atom is -0.396 e. The summed E-state index contributed by atoms with van der Waals surface area (Å²) in [7, 11) is -3.49. The Morgan fingerprint density at radius 3 is 2.19 bits per heavy atom. The first-order chi connectivity index (χ1) is 10.1. The molecule has 0 saturated heterocycles. The zero-order valence-electron chi connectivity index (χ0n) is 11.2. The topological polar surface area (TPSA) is 54.4 Å². The minimum atomic E-state index is -3.49. The summed E-state index contributed by atoms with van der Waals surface area (Å²) < 4.78 is 38.2. The van der Waals surface area contributed by atoms with E-state index < -0.39 is 15.1 Å². The molecule has 0 aliphatic heterocycles.